The molecule has 13 heteroatoms. The summed E-state index contributed by atoms with van der Waals surface area (Å²) >= 11 is 12.0. The first kappa shape index (κ1) is 32.1. The van der Waals surface area contributed by atoms with E-state index in [0.29, 0.717) is 22.8 Å². The van der Waals surface area contributed by atoms with E-state index in [2.05, 4.69) is 30.9 Å². The normalized spacial score (nSPS) is 13.3. The van der Waals surface area contributed by atoms with Crippen molar-refractivity contribution in [2.45, 2.75) is 19.9 Å². The van der Waals surface area contributed by atoms with Gasteiger partial charge in [-0.3, -0.25) is 19.8 Å². The van der Waals surface area contributed by atoms with Crippen LogP contribution >= 0.6 is 23.2 Å². The van der Waals surface area contributed by atoms with Gasteiger partial charge in [0.1, 0.15) is 5.69 Å². The highest BCUT2D eigenvalue weighted by Gasteiger charge is 2.15. The van der Waals surface area contributed by atoms with Crippen LogP contribution in [0.1, 0.15) is 23.7 Å². The van der Waals surface area contributed by atoms with E-state index >= 15 is 0 Å². The number of hydrogen-bond acceptors (Lipinski definition) is 7. The number of pyridine rings is 1. The molecule has 1 fully saturated rings. The van der Waals surface area contributed by atoms with Crippen LogP contribution in [0.25, 0.3) is 22.4 Å². The highest BCUT2D eigenvalue weighted by Crippen LogP contribution is 2.27. The maximum Gasteiger partial charge on any atom is 0.325 e. The summed E-state index contributed by atoms with van der Waals surface area (Å²) in [4.78, 5) is 45.0. The zero-order valence-electron chi connectivity index (χ0n) is 24.7. The third-order valence-corrected chi connectivity index (χ3v) is 7.71. The van der Waals surface area contributed by atoms with Gasteiger partial charge >= 0.3 is 6.03 Å². The number of anilines is 2. The first-order chi connectivity index (χ1) is 21.8. The molecule has 2 aromatic carbocycles. The first-order valence-electron chi connectivity index (χ1n) is 14.6. The Hall–Kier alpha value is -4.29. The number of amides is 3. The lowest BCUT2D eigenvalue weighted by molar-refractivity contribution is 0.0374. The molecule has 3 N–H and O–H groups in total. The van der Waals surface area contributed by atoms with Crippen molar-refractivity contribution in [3.63, 3.8) is 0 Å². The molecule has 0 radical (unpaired) electrons. The number of benzene rings is 2. The topological polar surface area (TPSA) is 130 Å². The molecule has 4 aromatic rings. The largest absolute Gasteiger partial charge is 0.379 e. The van der Waals surface area contributed by atoms with Crippen LogP contribution in [0.4, 0.5) is 16.3 Å². The Balaban J connectivity index is 1.30. The number of urea groups is 1. The van der Waals surface area contributed by atoms with Crippen molar-refractivity contribution in [2.24, 2.45) is 0 Å². The number of halogens is 2. The molecular weight excluding hydrogens is 617 g/mol. The summed E-state index contributed by atoms with van der Waals surface area (Å²) in [5, 5.41) is 13.1. The Bertz CT molecular complexity index is 1740. The van der Waals surface area contributed by atoms with Crippen molar-refractivity contribution >= 4 is 46.6 Å². The Morgan fingerprint density at radius 2 is 1.69 bits per heavy atom. The number of rotatable bonds is 10. The van der Waals surface area contributed by atoms with Gasteiger partial charge in [0, 0.05) is 43.5 Å². The average Bonchev–Trinajstić information content (AvgIpc) is 3.06. The lowest BCUT2D eigenvalue weighted by Gasteiger charge is -2.26. The van der Waals surface area contributed by atoms with Crippen molar-refractivity contribution in [1.29, 1.82) is 0 Å². The summed E-state index contributed by atoms with van der Waals surface area (Å²) in [5.41, 5.74) is 3.04. The molecule has 0 atom stereocenters. The lowest BCUT2D eigenvalue weighted by Crippen LogP contribution is -2.38. The number of nitrogens with zero attached hydrogens (tertiary/aromatic N) is 4. The van der Waals surface area contributed by atoms with E-state index in [1.54, 1.807) is 13.0 Å². The molecule has 3 amide bonds. The highest BCUT2D eigenvalue weighted by molar-refractivity contribution is 6.36. The van der Waals surface area contributed by atoms with Crippen molar-refractivity contribution in [2.75, 3.05) is 50.0 Å². The second-order valence-electron chi connectivity index (χ2n) is 10.4. The quantitative estimate of drug-likeness (QED) is 0.196. The van der Waals surface area contributed by atoms with Gasteiger partial charge in [-0.25, -0.2) is 14.5 Å². The van der Waals surface area contributed by atoms with E-state index in [-0.39, 0.29) is 29.0 Å². The molecule has 234 valence electrons. The highest BCUT2D eigenvalue weighted by atomic mass is 35.5. The maximum absolute atomic E-state index is 13.0. The van der Waals surface area contributed by atoms with Crippen LogP contribution in [0.3, 0.4) is 0 Å². The van der Waals surface area contributed by atoms with Gasteiger partial charge in [0.15, 0.2) is 5.82 Å². The molecule has 0 saturated carbocycles. The summed E-state index contributed by atoms with van der Waals surface area (Å²) in [6, 6.07) is 17.3. The maximum atomic E-state index is 13.0. The van der Waals surface area contributed by atoms with E-state index in [1.807, 2.05) is 42.5 Å². The molecule has 2 aromatic heterocycles. The molecule has 1 aliphatic heterocycles. The minimum Gasteiger partial charge on any atom is -0.379 e. The zero-order chi connectivity index (χ0) is 31.8. The number of nitrogens with one attached hydrogen (secondary N) is 3. The van der Waals surface area contributed by atoms with Crippen molar-refractivity contribution in [3.8, 4) is 22.4 Å². The fourth-order valence-corrected chi connectivity index (χ4v) is 5.31. The average molecular weight is 651 g/mol. The Morgan fingerprint density at radius 1 is 0.956 bits per heavy atom. The molecule has 0 unspecified atom stereocenters. The number of ether oxygens (including phenoxy) is 1. The Morgan fingerprint density at radius 3 is 2.44 bits per heavy atom. The summed E-state index contributed by atoms with van der Waals surface area (Å²) in [6.45, 7) is 6.95. The predicted octanol–water partition coefficient (Wildman–Crippen LogP) is 5.40. The molecule has 3 heterocycles. The van der Waals surface area contributed by atoms with Gasteiger partial charge in [0.2, 0.25) is 0 Å². The van der Waals surface area contributed by atoms with Gasteiger partial charge in [-0.1, -0.05) is 53.5 Å². The summed E-state index contributed by atoms with van der Waals surface area (Å²) < 4.78 is 6.66. The second kappa shape index (κ2) is 15.1. The smallest absolute Gasteiger partial charge is 0.325 e. The minimum atomic E-state index is -0.700. The Kier molecular flexibility index (Phi) is 10.8. The van der Waals surface area contributed by atoms with Crippen LogP contribution < -0.4 is 21.5 Å². The zero-order valence-corrected chi connectivity index (χ0v) is 26.2. The van der Waals surface area contributed by atoms with Crippen LogP contribution in [0.5, 0.6) is 0 Å². The van der Waals surface area contributed by atoms with Crippen LogP contribution in [0.15, 0.2) is 71.7 Å². The van der Waals surface area contributed by atoms with Gasteiger partial charge in [-0.2, -0.15) is 5.10 Å². The van der Waals surface area contributed by atoms with Crippen molar-refractivity contribution < 1.29 is 14.3 Å². The number of aryl methyl sites for hydroxylation is 1. The molecule has 5 rings (SSSR count). The third-order valence-electron chi connectivity index (χ3n) is 7.22. The predicted molar refractivity (Wildman–Crippen MR) is 176 cm³/mol. The van der Waals surface area contributed by atoms with E-state index in [1.165, 1.54) is 23.0 Å². The standard InChI is InChI=1S/C32H33Cl2N7O4/c1-2-41-31(43)28(37-32(44)38-29-26(34)18-25(33)20-36-29)19-27(39-41)23-8-3-6-21(16-23)22-7-4-9-24(17-22)30(42)35-10-5-11-40-12-14-45-15-13-40/h3-4,6-9,16-20H,2,5,10-15H2,1H3,(H,35,42)(H2,36,37,38,44). The number of hydrogen-bond donors (Lipinski definition) is 3. The molecular formula is C32H33Cl2N7O4. The van der Waals surface area contributed by atoms with Crippen LogP contribution in [-0.4, -0.2) is 71.0 Å². The summed E-state index contributed by atoms with van der Waals surface area (Å²) in [5.74, 6) is -0.0315. The molecule has 45 heavy (non-hydrogen) atoms. The first-order valence-corrected chi connectivity index (χ1v) is 15.4. The second-order valence-corrected chi connectivity index (χ2v) is 11.2. The number of aromatic nitrogens is 3. The number of carbonyl (C=O) groups is 2. The van der Waals surface area contributed by atoms with Gasteiger partial charge < -0.3 is 15.4 Å². The van der Waals surface area contributed by atoms with Crippen molar-refractivity contribution in [3.05, 3.63) is 92.8 Å². The van der Waals surface area contributed by atoms with Gasteiger partial charge in [0.25, 0.3) is 11.5 Å². The van der Waals surface area contributed by atoms with Gasteiger partial charge in [-0.15, -0.1) is 0 Å². The van der Waals surface area contributed by atoms with E-state index in [0.717, 1.165) is 56.0 Å². The van der Waals surface area contributed by atoms with E-state index in [4.69, 9.17) is 27.9 Å². The molecule has 0 bridgehead atoms. The monoisotopic (exact) mass is 649 g/mol. The molecule has 1 aliphatic rings. The fraction of sp³-hybridized carbons (Fsp3) is 0.281. The summed E-state index contributed by atoms with van der Waals surface area (Å²) in [6.07, 6.45) is 2.21. The van der Waals surface area contributed by atoms with E-state index in [9.17, 15) is 14.4 Å². The number of carbonyl (C=O) groups excluding carboxylic acids is 2. The van der Waals surface area contributed by atoms with Gasteiger partial charge in [-0.05, 0) is 61.3 Å². The van der Waals surface area contributed by atoms with Crippen LogP contribution in [0.2, 0.25) is 10.0 Å². The van der Waals surface area contributed by atoms with E-state index < -0.39 is 11.6 Å². The molecule has 11 nitrogen and oxygen atoms in total. The third kappa shape index (κ3) is 8.46. The van der Waals surface area contributed by atoms with Crippen LogP contribution in [-0.2, 0) is 11.3 Å². The fourth-order valence-electron chi connectivity index (χ4n) is 4.88. The molecule has 0 aliphatic carbocycles. The summed E-state index contributed by atoms with van der Waals surface area (Å²) in [7, 11) is 0. The van der Waals surface area contributed by atoms with Crippen LogP contribution in [0, 0.1) is 0 Å². The SMILES string of the molecule is CCn1nc(-c2cccc(-c3cccc(C(=O)NCCCN4CCOCC4)c3)c2)cc(NC(=O)Nc2ncc(Cl)cc2Cl)c1=O. The van der Waals surface area contributed by atoms with Crippen molar-refractivity contribution in [1.82, 2.24) is 25.0 Å². The van der Waals surface area contributed by atoms with Gasteiger partial charge in [0.05, 0.1) is 29.0 Å². The Labute approximate surface area is 270 Å². The lowest BCUT2D eigenvalue weighted by atomic mass is 9.99. The number of morpholine rings is 1. The molecule has 0 spiro atoms. The molecule has 1 saturated heterocycles. The minimum absolute atomic E-state index is 0.0297.